The normalized spacial score (nSPS) is 16.2. The maximum atomic E-state index is 10.5. The van der Waals surface area contributed by atoms with Crippen LogP contribution in [0.15, 0.2) is 15.5 Å². The summed E-state index contributed by atoms with van der Waals surface area (Å²) < 4.78 is 6.39. The van der Waals surface area contributed by atoms with Gasteiger partial charge in [0.25, 0.3) is 0 Å². The van der Waals surface area contributed by atoms with Crippen LogP contribution in [0.3, 0.4) is 0 Å². The highest BCUT2D eigenvalue weighted by molar-refractivity contribution is 9.10. The smallest absolute Gasteiger partial charge is 0.235 e. The molecule has 0 unspecified atom stereocenters. The topological polar surface area (TPSA) is 38.7 Å². The third kappa shape index (κ3) is 1.92. The first-order valence-electron chi connectivity index (χ1n) is 5.49. The van der Waals surface area contributed by atoms with Gasteiger partial charge in [0.05, 0.1) is 11.6 Å². The molecule has 0 bridgehead atoms. The van der Waals surface area contributed by atoms with Gasteiger partial charge in [0, 0.05) is 5.56 Å². The molecule has 0 amide bonds. The highest BCUT2D eigenvalue weighted by Crippen LogP contribution is 2.54. The van der Waals surface area contributed by atoms with Crippen LogP contribution in [0.25, 0.3) is 0 Å². The Kier molecular flexibility index (Phi) is 3.11. The highest BCUT2D eigenvalue weighted by Gasteiger charge is 2.47. The summed E-state index contributed by atoms with van der Waals surface area (Å²) in [4.78, 5) is 14.5. The maximum absolute atomic E-state index is 10.5. The molecule has 4 heteroatoms. The van der Waals surface area contributed by atoms with Crippen LogP contribution in [0.5, 0.6) is 5.75 Å². The van der Waals surface area contributed by atoms with Crippen molar-refractivity contribution in [1.29, 1.82) is 0 Å². The number of methoxy groups -OCH3 is 1. The second kappa shape index (κ2) is 4.28. The third-order valence-corrected chi connectivity index (χ3v) is 4.37. The van der Waals surface area contributed by atoms with Crippen molar-refractivity contribution in [2.24, 2.45) is 4.99 Å². The lowest BCUT2D eigenvalue weighted by molar-refractivity contribution is 0.401. The molecule has 0 saturated heterocycles. The summed E-state index contributed by atoms with van der Waals surface area (Å²) in [6.07, 6.45) is 3.44. The van der Waals surface area contributed by atoms with Crippen molar-refractivity contribution in [3.8, 4) is 5.75 Å². The molecular formula is C13H14BrNO2. The second-order valence-electron chi connectivity index (χ2n) is 4.45. The summed E-state index contributed by atoms with van der Waals surface area (Å²) in [5.74, 6) is 0.782. The standard InChI is InChI=1S/C13H14BrNO2/c1-8-6-10(13(4-5-13)15-7-16)12(17-3)11(14)9(8)2/h6H,4-5H2,1-3H3. The molecule has 0 aliphatic heterocycles. The fraction of sp³-hybridized carbons (Fsp3) is 0.462. The number of isocyanates is 1. The lowest BCUT2D eigenvalue weighted by atomic mass is 9.98. The first-order chi connectivity index (χ1) is 8.05. The van der Waals surface area contributed by atoms with Crippen LogP contribution in [0.2, 0.25) is 0 Å². The molecule has 90 valence electrons. The van der Waals surface area contributed by atoms with E-state index in [2.05, 4.69) is 27.0 Å². The van der Waals surface area contributed by atoms with Gasteiger partial charge < -0.3 is 4.74 Å². The molecule has 0 heterocycles. The zero-order chi connectivity index (χ0) is 12.6. The number of nitrogens with zero attached hydrogens (tertiary/aromatic N) is 1. The molecule has 0 N–H and O–H groups in total. The van der Waals surface area contributed by atoms with Crippen molar-refractivity contribution in [2.45, 2.75) is 32.2 Å². The largest absolute Gasteiger partial charge is 0.495 e. The predicted octanol–water partition coefficient (Wildman–Crippen LogP) is 3.40. The Balaban J connectivity index is 2.66. The van der Waals surface area contributed by atoms with Gasteiger partial charge in [-0.25, -0.2) is 4.79 Å². The molecule has 1 saturated carbocycles. The molecule has 1 aromatic carbocycles. The number of benzene rings is 1. The molecule has 1 aromatic rings. The van der Waals surface area contributed by atoms with Gasteiger partial charge in [0.1, 0.15) is 11.3 Å². The van der Waals surface area contributed by atoms with Gasteiger partial charge >= 0.3 is 0 Å². The quantitative estimate of drug-likeness (QED) is 0.633. The van der Waals surface area contributed by atoms with E-state index < -0.39 is 5.54 Å². The van der Waals surface area contributed by atoms with Crippen molar-refractivity contribution >= 4 is 22.0 Å². The number of ether oxygens (including phenoxy) is 1. The van der Waals surface area contributed by atoms with Gasteiger partial charge in [0.2, 0.25) is 6.08 Å². The van der Waals surface area contributed by atoms with Crippen molar-refractivity contribution in [2.75, 3.05) is 7.11 Å². The average Bonchev–Trinajstić information content (AvgIpc) is 3.07. The third-order valence-electron chi connectivity index (χ3n) is 3.41. The number of hydrogen-bond donors (Lipinski definition) is 0. The Bertz CT molecular complexity index is 515. The van der Waals surface area contributed by atoms with Crippen LogP contribution >= 0.6 is 15.9 Å². The molecule has 0 aromatic heterocycles. The fourth-order valence-electron chi connectivity index (χ4n) is 2.04. The first-order valence-corrected chi connectivity index (χ1v) is 6.28. The summed E-state index contributed by atoms with van der Waals surface area (Å²) in [6.45, 7) is 4.08. The summed E-state index contributed by atoms with van der Waals surface area (Å²) in [6, 6.07) is 2.06. The Hall–Kier alpha value is -1.12. The van der Waals surface area contributed by atoms with E-state index in [1.165, 1.54) is 5.56 Å². The molecule has 3 nitrogen and oxygen atoms in total. The van der Waals surface area contributed by atoms with E-state index in [9.17, 15) is 4.79 Å². The van der Waals surface area contributed by atoms with E-state index in [4.69, 9.17) is 4.74 Å². The summed E-state index contributed by atoms with van der Waals surface area (Å²) in [5.41, 5.74) is 2.91. The fourth-order valence-corrected chi connectivity index (χ4v) is 2.73. The van der Waals surface area contributed by atoms with Crippen LogP contribution < -0.4 is 4.74 Å². The Labute approximate surface area is 109 Å². The Morgan fingerprint density at radius 3 is 2.59 bits per heavy atom. The molecule has 0 atom stereocenters. The molecular weight excluding hydrogens is 282 g/mol. The Morgan fingerprint density at radius 1 is 1.47 bits per heavy atom. The number of rotatable bonds is 3. The number of halogens is 1. The van der Waals surface area contributed by atoms with Crippen LogP contribution in [0.1, 0.15) is 29.5 Å². The molecule has 0 radical (unpaired) electrons. The maximum Gasteiger partial charge on any atom is 0.235 e. The molecule has 17 heavy (non-hydrogen) atoms. The molecule has 1 aliphatic carbocycles. The molecule has 2 rings (SSSR count). The van der Waals surface area contributed by atoms with E-state index in [-0.39, 0.29) is 0 Å². The SMILES string of the molecule is COc1c(C2(N=C=O)CC2)cc(C)c(C)c1Br. The number of carbonyl (C=O) groups excluding carboxylic acids is 1. The minimum atomic E-state index is -0.395. The van der Waals surface area contributed by atoms with E-state index in [0.29, 0.717) is 0 Å². The number of hydrogen-bond acceptors (Lipinski definition) is 3. The van der Waals surface area contributed by atoms with Crippen LogP contribution in [0.4, 0.5) is 0 Å². The predicted molar refractivity (Wildman–Crippen MR) is 69.2 cm³/mol. The number of aryl methyl sites for hydroxylation is 1. The number of aliphatic imine (C=N–C) groups is 1. The molecule has 0 spiro atoms. The lowest BCUT2D eigenvalue weighted by Gasteiger charge is -2.18. The van der Waals surface area contributed by atoms with E-state index >= 15 is 0 Å². The van der Waals surface area contributed by atoms with Gasteiger partial charge in [-0.05, 0) is 59.8 Å². The van der Waals surface area contributed by atoms with Gasteiger partial charge in [-0.3, -0.25) is 0 Å². The first kappa shape index (κ1) is 12.3. The molecule has 1 aliphatic rings. The molecule has 1 fully saturated rings. The zero-order valence-electron chi connectivity index (χ0n) is 10.1. The summed E-state index contributed by atoms with van der Waals surface area (Å²) >= 11 is 3.55. The van der Waals surface area contributed by atoms with Crippen molar-refractivity contribution in [1.82, 2.24) is 0 Å². The highest BCUT2D eigenvalue weighted by atomic mass is 79.9. The lowest BCUT2D eigenvalue weighted by Crippen LogP contribution is -2.07. The van der Waals surface area contributed by atoms with Gasteiger partial charge in [0.15, 0.2) is 0 Å². The van der Waals surface area contributed by atoms with Crippen LogP contribution in [-0.4, -0.2) is 13.2 Å². The monoisotopic (exact) mass is 295 g/mol. The van der Waals surface area contributed by atoms with Gasteiger partial charge in [-0.15, -0.1) is 0 Å². The Morgan fingerprint density at radius 2 is 2.12 bits per heavy atom. The van der Waals surface area contributed by atoms with Crippen molar-refractivity contribution < 1.29 is 9.53 Å². The minimum absolute atomic E-state index is 0.395. The van der Waals surface area contributed by atoms with E-state index in [0.717, 1.165) is 34.2 Å². The van der Waals surface area contributed by atoms with Crippen LogP contribution in [-0.2, 0) is 10.3 Å². The minimum Gasteiger partial charge on any atom is -0.495 e. The van der Waals surface area contributed by atoms with Gasteiger partial charge in [-0.2, -0.15) is 4.99 Å². The van der Waals surface area contributed by atoms with E-state index in [1.54, 1.807) is 13.2 Å². The zero-order valence-corrected chi connectivity index (χ0v) is 11.7. The van der Waals surface area contributed by atoms with Crippen LogP contribution in [0, 0.1) is 13.8 Å². The van der Waals surface area contributed by atoms with Crippen molar-refractivity contribution in [3.63, 3.8) is 0 Å². The average molecular weight is 296 g/mol. The van der Waals surface area contributed by atoms with Crippen molar-refractivity contribution in [3.05, 3.63) is 27.2 Å². The summed E-state index contributed by atoms with van der Waals surface area (Å²) in [7, 11) is 1.64. The van der Waals surface area contributed by atoms with Gasteiger partial charge in [-0.1, -0.05) is 0 Å². The summed E-state index contributed by atoms with van der Waals surface area (Å²) in [5, 5.41) is 0. The second-order valence-corrected chi connectivity index (χ2v) is 5.24. The van der Waals surface area contributed by atoms with E-state index in [1.807, 2.05) is 13.8 Å².